The van der Waals surface area contributed by atoms with E-state index in [1.54, 1.807) is 19.9 Å². The van der Waals surface area contributed by atoms with E-state index in [0.29, 0.717) is 13.1 Å². The number of likely N-dealkylation sites (N-methyl/N-ethyl adjacent to an activating group) is 1. The molecule has 0 bridgehead atoms. The molecular weight excluding hydrogens is 302 g/mol. The SMILES string of the molecule is CCN(CC)C(=O)/C(C#N)=C/c1cc([N+](=O)[O-])c(O)cc1OC. The summed E-state index contributed by atoms with van der Waals surface area (Å²) in [6, 6.07) is 3.92. The van der Waals surface area contributed by atoms with E-state index in [1.165, 1.54) is 18.1 Å². The summed E-state index contributed by atoms with van der Waals surface area (Å²) in [5.74, 6) is -0.916. The molecule has 23 heavy (non-hydrogen) atoms. The Hall–Kier alpha value is -3.08. The number of carbonyl (C=O) groups excluding carboxylic acids is 1. The molecule has 0 heterocycles. The number of phenolic OH excluding ortho intramolecular Hbond substituents is 1. The highest BCUT2D eigenvalue weighted by molar-refractivity contribution is 6.02. The van der Waals surface area contributed by atoms with E-state index in [2.05, 4.69) is 0 Å². The van der Waals surface area contributed by atoms with Gasteiger partial charge in [0.2, 0.25) is 0 Å². The average molecular weight is 319 g/mol. The van der Waals surface area contributed by atoms with E-state index in [0.717, 1.165) is 12.1 Å². The third-order valence-electron chi connectivity index (χ3n) is 3.22. The zero-order valence-electron chi connectivity index (χ0n) is 13.1. The first-order valence-electron chi connectivity index (χ1n) is 6.85. The first kappa shape index (κ1) is 18.0. The number of nitro benzene ring substituents is 1. The summed E-state index contributed by atoms with van der Waals surface area (Å²) in [4.78, 5) is 23.8. The number of benzene rings is 1. The molecule has 0 spiro atoms. The van der Waals surface area contributed by atoms with Crippen molar-refractivity contribution in [3.8, 4) is 17.6 Å². The molecule has 1 aromatic rings. The maximum Gasteiger partial charge on any atom is 0.311 e. The molecular formula is C15H17N3O5. The number of hydrogen-bond acceptors (Lipinski definition) is 6. The molecule has 0 aliphatic heterocycles. The van der Waals surface area contributed by atoms with E-state index in [4.69, 9.17) is 4.74 Å². The van der Waals surface area contributed by atoms with Crippen LogP contribution >= 0.6 is 0 Å². The number of nitrogens with zero attached hydrogens (tertiary/aromatic N) is 3. The number of nitro groups is 1. The van der Waals surface area contributed by atoms with Crippen LogP contribution in [0, 0.1) is 21.4 Å². The summed E-state index contributed by atoms with van der Waals surface area (Å²) >= 11 is 0. The second kappa shape index (κ2) is 7.79. The standard InChI is InChI=1S/C15H17N3O5/c1-4-17(5-2)15(20)11(9-16)6-10-7-12(18(21)22)13(19)8-14(10)23-3/h6-8,19H,4-5H2,1-3H3/b11-6+. The lowest BCUT2D eigenvalue weighted by Crippen LogP contribution is -2.31. The second-order valence-corrected chi connectivity index (χ2v) is 4.49. The topological polar surface area (TPSA) is 117 Å². The Morgan fingerprint density at radius 3 is 2.52 bits per heavy atom. The number of phenols is 1. The summed E-state index contributed by atoms with van der Waals surface area (Å²) in [7, 11) is 1.32. The van der Waals surface area contributed by atoms with Crippen molar-refractivity contribution < 1.29 is 19.6 Å². The third-order valence-corrected chi connectivity index (χ3v) is 3.22. The van der Waals surface area contributed by atoms with Crippen LogP contribution in [0.4, 0.5) is 5.69 Å². The zero-order valence-corrected chi connectivity index (χ0v) is 13.1. The fraction of sp³-hybridized carbons (Fsp3) is 0.333. The minimum Gasteiger partial charge on any atom is -0.502 e. The number of aromatic hydroxyl groups is 1. The highest BCUT2D eigenvalue weighted by atomic mass is 16.6. The van der Waals surface area contributed by atoms with Gasteiger partial charge in [-0.05, 0) is 19.9 Å². The lowest BCUT2D eigenvalue weighted by atomic mass is 10.1. The van der Waals surface area contributed by atoms with E-state index >= 15 is 0 Å². The van der Waals surface area contributed by atoms with Crippen molar-refractivity contribution >= 4 is 17.7 Å². The Labute approximate surface area is 133 Å². The Morgan fingerprint density at radius 2 is 2.09 bits per heavy atom. The van der Waals surface area contributed by atoms with Crippen LogP contribution in [-0.4, -0.2) is 41.0 Å². The van der Waals surface area contributed by atoms with Crippen molar-refractivity contribution in [2.24, 2.45) is 0 Å². The average Bonchev–Trinajstić information content (AvgIpc) is 2.53. The molecule has 0 saturated carbocycles. The lowest BCUT2D eigenvalue weighted by Gasteiger charge is -2.17. The van der Waals surface area contributed by atoms with Gasteiger partial charge in [-0.15, -0.1) is 0 Å². The van der Waals surface area contributed by atoms with Crippen molar-refractivity contribution in [1.82, 2.24) is 4.90 Å². The predicted octanol–water partition coefficient (Wildman–Crippen LogP) is 2.08. The number of amides is 1. The van der Waals surface area contributed by atoms with Gasteiger partial charge < -0.3 is 14.7 Å². The molecule has 1 rings (SSSR count). The van der Waals surface area contributed by atoms with Gasteiger partial charge in [0.05, 0.1) is 12.0 Å². The highest BCUT2D eigenvalue weighted by Crippen LogP contribution is 2.34. The molecule has 1 N–H and O–H groups in total. The molecule has 1 amide bonds. The van der Waals surface area contributed by atoms with Gasteiger partial charge in [0.25, 0.3) is 5.91 Å². The molecule has 0 aromatic heterocycles. The van der Waals surface area contributed by atoms with Gasteiger partial charge in [-0.2, -0.15) is 5.26 Å². The Bertz CT molecular complexity index is 687. The number of methoxy groups -OCH3 is 1. The smallest absolute Gasteiger partial charge is 0.311 e. The van der Waals surface area contributed by atoms with Crippen LogP contribution in [0.25, 0.3) is 6.08 Å². The third kappa shape index (κ3) is 3.97. The Balaban J connectivity index is 3.43. The molecule has 0 atom stereocenters. The van der Waals surface area contributed by atoms with Gasteiger partial charge in [-0.25, -0.2) is 0 Å². The zero-order chi connectivity index (χ0) is 17.6. The number of ether oxygens (including phenoxy) is 1. The van der Waals surface area contributed by atoms with Crippen LogP contribution < -0.4 is 4.74 Å². The fourth-order valence-electron chi connectivity index (χ4n) is 1.99. The summed E-state index contributed by atoms with van der Waals surface area (Å²) in [5.41, 5.74) is -0.550. The quantitative estimate of drug-likeness (QED) is 0.371. The van der Waals surface area contributed by atoms with Crippen LogP contribution in [0.3, 0.4) is 0 Å². The van der Waals surface area contributed by atoms with Gasteiger partial charge in [-0.1, -0.05) is 0 Å². The van der Waals surface area contributed by atoms with Crippen LogP contribution in [0.5, 0.6) is 11.5 Å². The van der Waals surface area contributed by atoms with Crippen LogP contribution in [0.1, 0.15) is 19.4 Å². The van der Waals surface area contributed by atoms with Crippen LogP contribution in [-0.2, 0) is 4.79 Å². The number of carbonyl (C=O) groups is 1. The van der Waals surface area contributed by atoms with Crippen molar-refractivity contribution in [2.75, 3.05) is 20.2 Å². The van der Waals surface area contributed by atoms with Gasteiger partial charge >= 0.3 is 5.69 Å². The number of nitriles is 1. The van der Waals surface area contributed by atoms with Gasteiger partial charge in [0, 0.05) is 30.8 Å². The van der Waals surface area contributed by atoms with Gasteiger partial charge in [0.15, 0.2) is 5.75 Å². The van der Waals surface area contributed by atoms with E-state index < -0.39 is 22.3 Å². The minimum atomic E-state index is -0.760. The summed E-state index contributed by atoms with van der Waals surface area (Å²) in [5, 5.41) is 29.7. The maximum atomic E-state index is 12.2. The first-order valence-corrected chi connectivity index (χ1v) is 6.85. The lowest BCUT2D eigenvalue weighted by molar-refractivity contribution is -0.385. The number of rotatable bonds is 6. The molecule has 0 unspecified atom stereocenters. The number of hydrogen-bond donors (Lipinski definition) is 1. The molecule has 1 aromatic carbocycles. The highest BCUT2D eigenvalue weighted by Gasteiger charge is 2.20. The molecule has 8 nitrogen and oxygen atoms in total. The van der Waals surface area contributed by atoms with Crippen molar-refractivity contribution in [3.05, 3.63) is 33.4 Å². The van der Waals surface area contributed by atoms with Crippen molar-refractivity contribution in [2.45, 2.75) is 13.8 Å². The molecule has 0 radical (unpaired) electrons. The summed E-state index contributed by atoms with van der Waals surface area (Å²) in [6.07, 6.45) is 1.21. The normalized spacial score (nSPS) is 10.8. The molecule has 0 aliphatic rings. The molecule has 0 saturated heterocycles. The molecule has 8 heteroatoms. The fourth-order valence-corrected chi connectivity index (χ4v) is 1.99. The monoisotopic (exact) mass is 319 g/mol. The van der Waals surface area contributed by atoms with Crippen LogP contribution in [0.2, 0.25) is 0 Å². The van der Waals surface area contributed by atoms with E-state index in [1.807, 2.05) is 0 Å². The van der Waals surface area contributed by atoms with Crippen molar-refractivity contribution in [3.63, 3.8) is 0 Å². The molecule has 122 valence electrons. The van der Waals surface area contributed by atoms with Gasteiger partial charge in [-0.3, -0.25) is 14.9 Å². The molecule has 0 aliphatic carbocycles. The van der Waals surface area contributed by atoms with Gasteiger partial charge in [0.1, 0.15) is 17.4 Å². The predicted molar refractivity (Wildman–Crippen MR) is 82.8 cm³/mol. The Morgan fingerprint density at radius 1 is 1.48 bits per heavy atom. The van der Waals surface area contributed by atoms with E-state index in [9.17, 15) is 25.3 Å². The largest absolute Gasteiger partial charge is 0.502 e. The second-order valence-electron chi connectivity index (χ2n) is 4.49. The Kier molecular flexibility index (Phi) is 6.09. The molecule has 0 fully saturated rings. The summed E-state index contributed by atoms with van der Waals surface area (Å²) in [6.45, 7) is 4.42. The first-order chi connectivity index (χ1) is 10.9. The van der Waals surface area contributed by atoms with E-state index in [-0.39, 0.29) is 16.9 Å². The maximum absolute atomic E-state index is 12.2. The van der Waals surface area contributed by atoms with Crippen molar-refractivity contribution in [1.29, 1.82) is 5.26 Å². The summed E-state index contributed by atoms with van der Waals surface area (Å²) < 4.78 is 5.04. The minimum absolute atomic E-state index is 0.119. The van der Waals surface area contributed by atoms with Crippen LogP contribution in [0.15, 0.2) is 17.7 Å².